The van der Waals surface area contributed by atoms with E-state index in [9.17, 15) is 19.1 Å². The molecule has 2 aliphatic carbocycles. The van der Waals surface area contributed by atoms with E-state index in [0.717, 1.165) is 12.8 Å². The number of aliphatic imine (C=N–C) groups is 1. The van der Waals surface area contributed by atoms with Crippen molar-refractivity contribution in [2.24, 2.45) is 16.6 Å². The first kappa shape index (κ1) is 29.8. The summed E-state index contributed by atoms with van der Waals surface area (Å²) in [7, 11) is 1.46. The Kier molecular flexibility index (Phi) is 7.49. The van der Waals surface area contributed by atoms with Gasteiger partial charge in [-0.25, -0.2) is 9.37 Å². The molecule has 6 N–H and O–H groups in total. The number of amides is 2. The second-order valence-corrected chi connectivity index (χ2v) is 12.3. The molecule has 2 heterocycles. The lowest BCUT2D eigenvalue weighted by molar-refractivity contribution is -0.123. The number of halogens is 2. The monoisotopic (exact) mass is 621 g/mol. The van der Waals surface area contributed by atoms with Gasteiger partial charge in [-0.2, -0.15) is 0 Å². The van der Waals surface area contributed by atoms with Gasteiger partial charge in [0.15, 0.2) is 0 Å². The van der Waals surface area contributed by atoms with E-state index < -0.39 is 28.6 Å². The van der Waals surface area contributed by atoms with E-state index in [1.54, 1.807) is 31.3 Å². The van der Waals surface area contributed by atoms with Crippen LogP contribution in [0, 0.1) is 11.7 Å². The number of aliphatic hydroxyl groups is 1. The van der Waals surface area contributed by atoms with Crippen LogP contribution in [0.4, 0.5) is 10.1 Å². The van der Waals surface area contributed by atoms with E-state index in [1.807, 2.05) is 0 Å². The molecule has 0 saturated heterocycles. The summed E-state index contributed by atoms with van der Waals surface area (Å²) in [6.45, 7) is 1.37. The van der Waals surface area contributed by atoms with Gasteiger partial charge in [0, 0.05) is 28.5 Å². The van der Waals surface area contributed by atoms with E-state index in [4.69, 9.17) is 37.5 Å². The van der Waals surface area contributed by atoms with Gasteiger partial charge in [0.1, 0.15) is 40.6 Å². The molecule has 6 rings (SSSR count). The standard InChI is InChI=1S/C32H33ClFN5O5/c1-31(30(36)41)15-44-28-21(31)12-24(39-27(28)20-4-3-5-22(34)25(20)33)32(42,18-6-7-18)14-38-29(40)16-10-17(13-37-19-8-9-19)26(35)23(11-16)43-2/h3-5,10-13,18-19,42H,6-9,14-15,35H2,1-2H3,(H2,36,41)(H,38,40)/t31-,32+/m0/s1. The third-order valence-corrected chi connectivity index (χ3v) is 9.05. The Balaban J connectivity index is 1.38. The first-order chi connectivity index (χ1) is 21.0. The first-order valence-electron chi connectivity index (χ1n) is 14.4. The van der Waals surface area contributed by atoms with E-state index in [-0.39, 0.29) is 58.4 Å². The van der Waals surface area contributed by atoms with Gasteiger partial charge in [0.05, 0.1) is 36.1 Å². The van der Waals surface area contributed by atoms with E-state index in [2.05, 4.69) is 10.3 Å². The molecule has 2 atom stereocenters. The zero-order valence-corrected chi connectivity index (χ0v) is 25.1. The van der Waals surface area contributed by atoms with E-state index in [1.165, 1.54) is 25.3 Å². The number of hydrogen-bond donors (Lipinski definition) is 4. The Bertz CT molecular complexity index is 1710. The van der Waals surface area contributed by atoms with Crippen molar-refractivity contribution >= 4 is 35.3 Å². The summed E-state index contributed by atoms with van der Waals surface area (Å²) in [6.07, 6.45) is 5.05. The molecule has 12 heteroatoms. The normalized spacial score (nSPS) is 20.6. The van der Waals surface area contributed by atoms with Gasteiger partial charge in [0.25, 0.3) is 5.91 Å². The van der Waals surface area contributed by atoms with Crippen LogP contribution in [0.2, 0.25) is 5.02 Å². The average Bonchev–Trinajstić information content (AvgIpc) is 3.94. The number of fused-ring (bicyclic) bond motifs is 1. The summed E-state index contributed by atoms with van der Waals surface area (Å²) in [5, 5.41) is 14.9. The molecule has 3 aromatic rings. The summed E-state index contributed by atoms with van der Waals surface area (Å²) < 4.78 is 25.9. The molecule has 2 aromatic carbocycles. The van der Waals surface area contributed by atoms with Gasteiger partial charge in [-0.05, 0) is 62.8 Å². The first-order valence-corrected chi connectivity index (χ1v) is 14.8. The fourth-order valence-electron chi connectivity index (χ4n) is 5.46. The lowest BCUT2D eigenvalue weighted by Gasteiger charge is -2.30. The third kappa shape index (κ3) is 5.24. The fraction of sp³-hybridized carbons (Fsp3) is 0.375. The summed E-state index contributed by atoms with van der Waals surface area (Å²) in [5.41, 5.74) is 11.3. The van der Waals surface area contributed by atoms with Crippen LogP contribution in [-0.2, 0) is 15.8 Å². The summed E-state index contributed by atoms with van der Waals surface area (Å²) >= 11 is 6.36. The van der Waals surface area contributed by atoms with Crippen LogP contribution >= 0.6 is 11.6 Å². The maximum Gasteiger partial charge on any atom is 0.251 e. The SMILES string of the molecule is COc1cc(C(=O)NC[C@](O)(c2cc3c(c(-c4cccc(F)c4Cl)n2)OC[C@]3(C)C(N)=O)C2CC2)cc(C=NC2CC2)c1N. The highest BCUT2D eigenvalue weighted by molar-refractivity contribution is 6.33. The summed E-state index contributed by atoms with van der Waals surface area (Å²) in [6, 6.07) is 9.29. The van der Waals surface area contributed by atoms with Crippen LogP contribution in [0.25, 0.3) is 11.3 Å². The molecule has 44 heavy (non-hydrogen) atoms. The highest BCUT2D eigenvalue weighted by Gasteiger charge is 2.50. The minimum Gasteiger partial charge on any atom is -0.495 e. The minimum absolute atomic E-state index is 0.0628. The van der Waals surface area contributed by atoms with Gasteiger partial charge >= 0.3 is 0 Å². The predicted molar refractivity (Wildman–Crippen MR) is 164 cm³/mol. The fourth-order valence-corrected chi connectivity index (χ4v) is 5.68. The van der Waals surface area contributed by atoms with Gasteiger partial charge < -0.3 is 31.4 Å². The number of rotatable bonds is 10. The number of anilines is 1. The number of nitrogens with zero attached hydrogens (tertiary/aromatic N) is 2. The van der Waals surface area contributed by atoms with Gasteiger partial charge in [-0.3, -0.25) is 14.6 Å². The van der Waals surface area contributed by atoms with Crippen molar-refractivity contribution in [1.82, 2.24) is 10.3 Å². The Labute approximate surface area is 258 Å². The number of primary amides is 1. The van der Waals surface area contributed by atoms with E-state index >= 15 is 0 Å². The smallest absolute Gasteiger partial charge is 0.251 e. The molecular formula is C32H33ClFN5O5. The van der Waals surface area contributed by atoms with Gasteiger partial charge in [-0.1, -0.05) is 23.7 Å². The molecule has 230 valence electrons. The third-order valence-electron chi connectivity index (χ3n) is 8.67. The molecule has 1 aliphatic heterocycles. The van der Waals surface area contributed by atoms with Crippen molar-refractivity contribution in [3.63, 3.8) is 0 Å². The van der Waals surface area contributed by atoms with Crippen molar-refractivity contribution in [3.05, 3.63) is 69.6 Å². The van der Waals surface area contributed by atoms with Gasteiger partial charge in [0.2, 0.25) is 5.91 Å². The van der Waals surface area contributed by atoms with Crippen molar-refractivity contribution in [2.45, 2.75) is 49.7 Å². The molecule has 0 spiro atoms. The molecule has 2 fully saturated rings. The number of nitrogen functional groups attached to an aromatic ring is 1. The Morgan fingerprint density at radius 2 is 2.05 bits per heavy atom. The number of hydrogen-bond acceptors (Lipinski definition) is 8. The molecule has 0 radical (unpaired) electrons. The molecule has 0 unspecified atom stereocenters. The lowest BCUT2D eigenvalue weighted by Crippen LogP contribution is -2.44. The molecule has 3 aliphatic rings. The highest BCUT2D eigenvalue weighted by atomic mass is 35.5. The topological polar surface area (TPSA) is 162 Å². The Morgan fingerprint density at radius 3 is 2.70 bits per heavy atom. The number of nitrogens with two attached hydrogens (primary N) is 2. The number of ether oxygens (including phenoxy) is 2. The minimum atomic E-state index is -1.64. The van der Waals surface area contributed by atoms with Crippen LogP contribution in [0.1, 0.15) is 59.8 Å². The zero-order chi connectivity index (χ0) is 31.4. The van der Waals surface area contributed by atoms with Crippen molar-refractivity contribution < 1.29 is 28.6 Å². The highest BCUT2D eigenvalue weighted by Crippen LogP contribution is 2.50. The van der Waals surface area contributed by atoms with Crippen LogP contribution in [0.5, 0.6) is 11.5 Å². The second-order valence-electron chi connectivity index (χ2n) is 11.9. The number of methoxy groups -OCH3 is 1. The predicted octanol–water partition coefficient (Wildman–Crippen LogP) is 3.88. The molecule has 10 nitrogen and oxygen atoms in total. The van der Waals surface area contributed by atoms with Crippen molar-refractivity contribution in [1.29, 1.82) is 0 Å². The number of nitrogens with one attached hydrogen (secondary N) is 1. The van der Waals surface area contributed by atoms with Crippen LogP contribution < -0.4 is 26.3 Å². The molecular weight excluding hydrogens is 589 g/mol. The number of aromatic nitrogens is 1. The van der Waals surface area contributed by atoms with Crippen LogP contribution in [0.3, 0.4) is 0 Å². The number of carbonyl (C=O) groups is 2. The summed E-state index contributed by atoms with van der Waals surface area (Å²) in [5.74, 6) is -1.44. The quantitative estimate of drug-likeness (QED) is 0.197. The van der Waals surface area contributed by atoms with Crippen LogP contribution in [0.15, 0.2) is 41.4 Å². The van der Waals surface area contributed by atoms with Crippen LogP contribution in [-0.4, -0.2) is 54.4 Å². The largest absolute Gasteiger partial charge is 0.495 e. The number of carbonyl (C=O) groups excluding carboxylic acids is 2. The second kappa shape index (κ2) is 11.0. The molecule has 2 amide bonds. The Morgan fingerprint density at radius 1 is 1.30 bits per heavy atom. The maximum atomic E-state index is 14.5. The van der Waals surface area contributed by atoms with Gasteiger partial charge in [-0.15, -0.1) is 0 Å². The van der Waals surface area contributed by atoms with E-state index in [0.29, 0.717) is 35.4 Å². The molecule has 2 saturated carbocycles. The maximum absolute atomic E-state index is 14.5. The number of pyridine rings is 1. The van der Waals surface area contributed by atoms with Crippen molar-refractivity contribution in [2.75, 3.05) is 26.0 Å². The lowest BCUT2D eigenvalue weighted by atomic mass is 9.81. The molecule has 0 bridgehead atoms. The zero-order valence-electron chi connectivity index (χ0n) is 24.3. The Hall–Kier alpha value is -4.22. The molecule has 1 aromatic heterocycles. The number of benzene rings is 2. The average molecular weight is 622 g/mol. The van der Waals surface area contributed by atoms with Crippen molar-refractivity contribution in [3.8, 4) is 22.8 Å². The summed E-state index contributed by atoms with van der Waals surface area (Å²) in [4.78, 5) is 35.3.